The highest BCUT2D eigenvalue weighted by Gasteiger charge is 2.30. The van der Waals surface area contributed by atoms with E-state index >= 15 is 0 Å². The lowest BCUT2D eigenvalue weighted by Gasteiger charge is -2.37. The molecule has 0 aromatic heterocycles. The number of rotatable bonds is 7. The number of hydrogen-bond acceptors (Lipinski definition) is 5. The standard InChI is InChI=1S/C19H35N5O3/c1-14(18(27)20-15-6-7-15)24-10-8-23(9-11-24)13-17(26)22(5)12-16(25)21-19(2,3)4/h14-15H,6-13H2,1-5H3,(H,20,27)(H,21,25). The molecule has 8 nitrogen and oxygen atoms in total. The van der Waals surface area contributed by atoms with Crippen LogP contribution in [-0.2, 0) is 14.4 Å². The van der Waals surface area contributed by atoms with Gasteiger partial charge in [0.1, 0.15) is 0 Å². The molecule has 1 unspecified atom stereocenters. The van der Waals surface area contributed by atoms with Gasteiger partial charge in [0, 0.05) is 44.8 Å². The Hall–Kier alpha value is -1.67. The number of piperazine rings is 1. The van der Waals surface area contributed by atoms with Crippen LogP contribution < -0.4 is 10.6 Å². The molecule has 3 amide bonds. The van der Waals surface area contributed by atoms with Crippen LogP contribution in [0.2, 0.25) is 0 Å². The van der Waals surface area contributed by atoms with E-state index in [-0.39, 0.29) is 35.8 Å². The third-order valence-electron chi connectivity index (χ3n) is 4.94. The fourth-order valence-electron chi connectivity index (χ4n) is 3.10. The molecule has 0 bridgehead atoms. The van der Waals surface area contributed by atoms with Crippen LogP contribution in [-0.4, -0.2) is 96.4 Å². The average molecular weight is 382 g/mol. The van der Waals surface area contributed by atoms with Crippen LogP contribution in [0.15, 0.2) is 0 Å². The van der Waals surface area contributed by atoms with Gasteiger partial charge in [-0.15, -0.1) is 0 Å². The monoisotopic (exact) mass is 381 g/mol. The number of nitrogens with zero attached hydrogens (tertiary/aromatic N) is 3. The SMILES string of the molecule is CC(C(=O)NC1CC1)N1CCN(CC(=O)N(C)CC(=O)NC(C)(C)C)CC1. The lowest BCUT2D eigenvalue weighted by atomic mass is 10.1. The molecule has 1 heterocycles. The summed E-state index contributed by atoms with van der Waals surface area (Å²) in [6.45, 7) is 11.1. The Balaban J connectivity index is 1.70. The van der Waals surface area contributed by atoms with Crippen molar-refractivity contribution in [3.63, 3.8) is 0 Å². The fraction of sp³-hybridized carbons (Fsp3) is 0.842. The Kier molecular flexibility index (Phi) is 7.22. The number of likely N-dealkylation sites (N-methyl/N-ethyl adjacent to an activating group) is 1. The first kappa shape index (κ1) is 21.6. The average Bonchev–Trinajstić information content (AvgIpc) is 3.36. The Morgan fingerprint density at radius 1 is 1.11 bits per heavy atom. The van der Waals surface area contributed by atoms with E-state index in [0.29, 0.717) is 12.6 Å². The normalized spacial score (nSPS) is 20.0. The minimum absolute atomic E-state index is 0.0629. The quantitative estimate of drug-likeness (QED) is 0.629. The summed E-state index contributed by atoms with van der Waals surface area (Å²) in [7, 11) is 1.66. The first-order chi connectivity index (χ1) is 12.5. The maximum Gasteiger partial charge on any atom is 0.240 e. The molecular formula is C19H35N5O3. The molecule has 8 heteroatoms. The molecule has 2 fully saturated rings. The molecule has 1 aliphatic heterocycles. The third-order valence-corrected chi connectivity index (χ3v) is 4.94. The summed E-state index contributed by atoms with van der Waals surface area (Å²) in [5, 5.41) is 5.91. The summed E-state index contributed by atoms with van der Waals surface area (Å²) < 4.78 is 0. The third kappa shape index (κ3) is 7.46. The second-order valence-corrected chi connectivity index (χ2v) is 8.82. The topological polar surface area (TPSA) is 85.0 Å². The van der Waals surface area contributed by atoms with Crippen LogP contribution in [0.25, 0.3) is 0 Å². The minimum Gasteiger partial charge on any atom is -0.352 e. The van der Waals surface area contributed by atoms with Crippen molar-refractivity contribution in [3.8, 4) is 0 Å². The van der Waals surface area contributed by atoms with Gasteiger partial charge in [0.15, 0.2) is 0 Å². The Bertz CT molecular complexity index is 548. The molecule has 2 aliphatic rings. The molecule has 2 N–H and O–H groups in total. The molecule has 1 saturated heterocycles. The number of hydrogen-bond donors (Lipinski definition) is 2. The van der Waals surface area contributed by atoms with Gasteiger partial charge in [0.05, 0.1) is 19.1 Å². The van der Waals surface area contributed by atoms with Crippen molar-refractivity contribution in [1.29, 1.82) is 0 Å². The summed E-state index contributed by atoms with van der Waals surface area (Å²) in [5.74, 6) is -0.114. The first-order valence-corrected chi connectivity index (χ1v) is 9.87. The Morgan fingerprint density at radius 2 is 1.70 bits per heavy atom. The Labute approximate surface area is 162 Å². The second kappa shape index (κ2) is 9.01. The van der Waals surface area contributed by atoms with Crippen molar-refractivity contribution in [2.75, 3.05) is 46.3 Å². The van der Waals surface area contributed by atoms with Gasteiger partial charge in [0.25, 0.3) is 0 Å². The van der Waals surface area contributed by atoms with Crippen LogP contribution in [0, 0.1) is 0 Å². The summed E-state index contributed by atoms with van der Waals surface area (Å²) in [6, 6.07) is 0.247. The highest BCUT2D eigenvalue weighted by atomic mass is 16.2. The predicted octanol–water partition coefficient (Wildman–Crippen LogP) is -0.356. The summed E-state index contributed by atoms with van der Waals surface area (Å²) in [4.78, 5) is 42.3. The van der Waals surface area contributed by atoms with Gasteiger partial charge in [-0.25, -0.2) is 0 Å². The Morgan fingerprint density at radius 3 is 2.22 bits per heavy atom. The maximum absolute atomic E-state index is 12.4. The van der Waals surface area contributed by atoms with Crippen LogP contribution in [0.3, 0.4) is 0 Å². The van der Waals surface area contributed by atoms with Gasteiger partial charge in [0.2, 0.25) is 17.7 Å². The molecule has 0 aromatic carbocycles. The van der Waals surface area contributed by atoms with E-state index in [1.54, 1.807) is 7.05 Å². The molecule has 27 heavy (non-hydrogen) atoms. The number of carbonyl (C=O) groups excluding carboxylic acids is 3. The van der Waals surface area contributed by atoms with Crippen LogP contribution in [0.4, 0.5) is 0 Å². The molecule has 154 valence electrons. The van der Waals surface area contributed by atoms with E-state index in [4.69, 9.17) is 0 Å². The highest BCUT2D eigenvalue weighted by Crippen LogP contribution is 2.19. The van der Waals surface area contributed by atoms with Crippen molar-refractivity contribution < 1.29 is 14.4 Å². The van der Waals surface area contributed by atoms with Crippen molar-refractivity contribution in [1.82, 2.24) is 25.3 Å². The van der Waals surface area contributed by atoms with Crippen molar-refractivity contribution >= 4 is 17.7 Å². The van der Waals surface area contributed by atoms with E-state index in [0.717, 1.165) is 39.0 Å². The van der Waals surface area contributed by atoms with E-state index < -0.39 is 0 Å². The fourth-order valence-corrected chi connectivity index (χ4v) is 3.10. The van der Waals surface area contributed by atoms with E-state index in [9.17, 15) is 14.4 Å². The van der Waals surface area contributed by atoms with Crippen molar-refractivity contribution in [2.45, 2.75) is 58.2 Å². The van der Waals surface area contributed by atoms with Gasteiger partial charge in [-0.05, 0) is 40.5 Å². The number of nitrogens with one attached hydrogen (secondary N) is 2. The number of amides is 3. The molecule has 0 aromatic rings. The molecular weight excluding hydrogens is 346 g/mol. The van der Waals surface area contributed by atoms with E-state index in [1.807, 2.05) is 27.7 Å². The van der Waals surface area contributed by atoms with E-state index in [1.165, 1.54) is 4.90 Å². The van der Waals surface area contributed by atoms with Gasteiger partial charge in [-0.3, -0.25) is 24.2 Å². The van der Waals surface area contributed by atoms with E-state index in [2.05, 4.69) is 20.4 Å². The molecule has 0 spiro atoms. The molecule has 1 aliphatic carbocycles. The summed E-state index contributed by atoms with van der Waals surface area (Å²) in [5.41, 5.74) is -0.306. The van der Waals surface area contributed by atoms with Crippen molar-refractivity contribution in [2.24, 2.45) is 0 Å². The van der Waals surface area contributed by atoms with Gasteiger partial charge < -0.3 is 15.5 Å². The van der Waals surface area contributed by atoms with Crippen LogP contribution in [0.5, 0.6) is 0 Å². The molecule has 0 radical (unpaired) electrons. The predicted molar refractivity (Wildman–Crippen MR) is 104 cm³/mol. The zero-order valence-electron chi connectivity index (χ0n) is 17.4. The summed E-state index contributed by atoms with van der Waals surface area (Å²) in [6.07, 6.45) is 2.19. The van der Waals surface area contributed by atoms with Gasteiger partial charge >= 0.3 is 0 Å². The summed E-state index contributed by atoms with van der Waals surface area (Å²) >= 11 is 0. The molecule has 1 atom stereocenters. The van der Waals surface area contributed by atoms with Gasteiger partial charge in [-0.2, -0.15) is 0 Å². The lowest BCUT2D eigenvalue weighted by molar-refractivity contribution is -0.136. The zero-order chi connectivity index (χ0) is 20.2. The maximum atomic E-state index is 12.4. The largest absolute Gasteiger partial charge is 0.352 e. The second-order valence-electron chi connectivity index (χ2n) is 8.82. The highest BCUT2D eigenvalue weighted by molar-refractivity contribution is 5.85. The minimum atomic E-state index is -0.306. The first-order valence-electron chi connectivity index (χ1n) is 9.87. The smallest absolute Gasteiger partial charge is 0.240 e. The van der Waals surface area contributed by atoms with Crippen LogP contribution >= 0.6 is 0 Å². The number of carbonyl (C=O) groups is 3. The molecule has 2 rings (SSSR count). The van der Waals surface area contributed by atoms with Gasteiger partial charge in [-0.1, -0.05) is 0 Å². The van der Waals surface area contributed by atoms with Crippen LogP contribution in [0.1, 0.15) is 40.5 Å². The lowest BCUT2D eigenvalue weighted by Crippen LogP contribution is -2.55. The zero-order valence-corrected chi connectivity index (χ0v) is 17.4. The van der Waals surface area contributed by atoms with Crippen molar-refractivity contribution in [3.05, 3.63) is 0 Å². The molecule has 1 saturated carbocycles.